The van der Waals surface area contributed by atoms with Crippen molar-refractivity contribution in [2.75, 3.05) is 19.6 Å². The molecule has 0 bridgehead atoms. The maximum absolute atomic E-state index is 11.9. The van der Waals surface area contributed by atoms with Gasteiger partial charge in [-0.2, -0.15) is 0 Å². The first-order valence-corrected chi connectivity index (χ1v) is 8.34. The van der Waals surface area contributed by atoms with Crippen molar-refractivity contribution in [3.05, 3.63) is 16.5 Å². The van der Waals surface area contributed by atoms with Crippen LogP contribution in [-0.4, -0.2) is 44.9 Å². The first-order chi connectivity index (χ1) is 8.88. The van der Waals surface area contributed by atoms with Gasteiger partial charge in [-0.05, 0) is 18.6 Å². The zero-order valence-corrected chi connectivity index (χ0v) is 12.4. The highest BCUT2D eigenvalue weighted by molar-refractivity contribution is 7.91. The molecule has 1 atom stereocenters. The fourth-order valence-electron chi connectivity index (χ4n) is 1.80. The zero-order chi connectivity index (χ0) is 14.0. The van der Waals surface area contributed by atoms with Crippen LogP contribution in [0.2, 0.25) is 4.34 Å². The highest BCUT2D eigenvalue weighted by Crippen LogP contribution is 2.25. The molecule has 1 fully saturated rings. The Bertz CT molecular complexity index is 572. The van der Waals surface area contributed by atoms with E-state index in [1.807, 2.05) is 0 Å². The largest absolute Gasteiger partial charge is 0.340 e. The Labute approximate surface area is 120 Å². The highest BCUT2D eigenvalue weighted by Gasteiger charge is 2.25. The van der Waals surface area contributed by atoms with E-state index >= 15 is 0 Å². The molecule has 19 heavy (non-hydrogen) atoms. The third-order valence-electron chi connectivity index (χ3n) is 2.80. The molecular formula is C10H14ClN3O3S2. The summed E-state index contributed by atoms with van der Waals surface area (Å²) in [6.07, 6.45) is 0.749. The Hall–Kier alpha value is -0.670. The maximum Gasteiger partial charge on any atom is 0.250 e. The van der Waals surface area contributed by atoms with Crippen molar-refractivity contribution in [1.29, 1.82) is 0 Å². The predicted octanol–water partition coefficient (Wildman–Crippen LogP) is 0.239. The first kappa shape index (κ1) is 14.7. The number of hydrogen-bond acceptors (Lipinski definition) is 5. The van der Waals surface area contributed by atoms with Crippen LogP contribution in [-0.2, 0) is 14.8 Å². The quantitative estimate of drug-likeness (QED) is 0.830. The summed E-state index contributed by atoms with van der Waals surface area (Å²) >= 11 is 6.64. The standard InChI is InChI=1S/C10H14ClN3O3S2/c11-8-1-2-10(18-8)19(16,17)13-5-9(15)14-4-3-7(12)6-14/h1-2,7,13H,3-6,12H2/t7-/m1/s1. The lowest BCUT2D eigenvalue weighted by Crippen LogP contribution is -2.39. The van der Waals surface area contributed by atoms with E-state index in [0.29, 0.717) is 17.4 Å². The van der Waals surface area contributed by atoms with Crippen molar-refractivity contribution in [3.63, 3.8) is 0 Å². The minimum Gasteiger partial charge on any atom is -0.340 e. The van der Waals surface area contributed by atoms with Gasteiger partial charge in [-0.25, -0.2) is 13.1 Å². The molecule has 1 aliphatic heterocycles. The van der Waals surface area contributed by atoms with Crippen LogP contribution in [0, 0.1) is 0 Å². The lowest BCUT2D eigenvalue weighted by atomic mass is 10.3. The summed E-state index contributed by atoms with van der Waals surface area (Å²) < 4.78 is 26.5. The molecule has 0 radical (unpaired) electrons. The van der Waals surface area contributed by atoms with Crippen LogP contribution in [0.25, 0.3) is 0 Å². The molecule has 6 nitrogen and oxygen atoms in total. The third-order valence-corrected chi connectivity index (χ3v) is 5.93. The van der Waals surface area contributed by atoms with Crippen LogP contribution in [0.1, 0.15) is 6.42 Å². The topological polar surface area (TPSA) is 92.5 Å². The Balaban J connectivity index is 1.93. The Morgan fingerprint density at radius 2 is 2.32 bits per heavy atom. The molecule has 0 aliphatic carbocycles. The second-order valence-corrected chi connectivity index (χ2v) is 7.98. The summed E-state index contributed by atoms with van der Waals surface area (Å²) in [7, 11) is -3.67. The SMILES string of the molecule is N[C@@H]1CCN(C(=O)CNS(=O)(=O)c2ccc(Cl)s2)C1. The van der Waals surface area contributed by atoms with Gasteiger partial charge >= 0.3 is 0 Å². The number of amides is 1. The third kappa shape index (κ3) is 3.67. The second kappa shape index (κ2) is 5.76. The number of nitrogens with zero attached hydrogens (tertiary/aromatic N) is 1. The van der Waals surface area contributed by atoms with Gasteiger partial charge in [0, 0.05) is 19.1 Å². The number of hydrogen-bond donors (Lipinski definition) is 2. The molecule has 0 spiro atoms. The summed E-state index contributed by atoms with van der Waals surface area (Å²) in [5.41, 5.74) is 5.69. The van der Waals surface area contributed by atoms with Crippen molar-refractivity contribution in [1.82, 2.24) is 9.62 Å². The number of likely N-dealkylation sites (tertiary alicyclic amines) is 1. The van der Waals surface area contributed by atoms with Gasteiger partial charge in [0.1, 0.15) is 4.21 Å². The summed E-state index contributed by atoms with van der Waals surface area (Å²) in [5, 5.41) is 0. The Kier molecular flexibility index (Phi) is 4.46. The molecule has 3 N–H and O–H groups in total. The van der Waals surface area contributed by atoms with E-state index in [1.54, 1.807) is 4.90 Å². The van der Waals surface area contributed by atoms with Crippen molar-refractivity contribution >= 4 is 38.9 Å². The number of carbonyl (C=O) groups excluding carboxylic acids is 1. The smallest absolute Gasteiger partial charge is 0.250 e. The molecular weight excluding hydrogens is 310 g/mol. The van der Waals surface area contributed by atoms with Crippen LogP contribution in [0.3, 0.4) is 0 Å². The van der Waals surface area contributed by atoms with Gasteiger partial charge in [0.15, 0.2) is 0 Å². The molecule has 0 saturated carbocycles. The number of halogens is 1. The van der Waals surface area contributed by atoms with Gasteiger partial charge in [-0.3, -0.25) is 4.79 Å². The maximum atomic E-state index is 11.9. The molecule has 1 saturated heterocycles. The van der Waals surface area contributed by atoms with E-state index in [9.17, 15) is 13.2 Å². The summed E-state index contributed by atoms with van der Waals surface area (Å²) in [6, 6.07) is 2.89. The Morgan fingerprint density at radius 3 is 2.84 bits per heavy atom. The Morgan fingerprint density at radius 1 is 1.58 bits per heavy atom. The lowest BCUT2D eigenvalue weighted by molar-refractivity contribution is -0.128. The van der Waals surface area contributed by atoms with Crippen LogP contribution >= 0.6 is 22.9 Å². The fourth-order valence-corrected chi connectivity index (χ4v) is 4.30. The first-order valence-electron chi connectivity index (χ1n) is 5.67. The van der Waals surface area contributed by atoms with Gasteiger partial charge in [-0.1, -0.05) is 11.6 Å². The van der Waals surface area contributed by atoms with Gasteiger partial charge in [0.05, 0.1) is 10.9 Å². The molecule has 1 aromatic rings. The van der Waals surface area contributed by atoms with Gasteiger partial charge in [-0.15, -0.1) is 11.3 Å². The molecule has 1 aromatic heterocycles. The van der Waals surface area contributed by atoms with E-state index in [4.69, 9.17) is 17.3 Å². The van der Waals surface area contributed by atoms with Gasteiger partial charge in [0.2, 0.25) is 5.91 Å². The van der Waals surface area contributed by atoms with Crippen molar-refractivity contribution in [2.45, 2.75) is 16.7 Å². The van der Waals surface area contributed by atoms with E-state index in [2.05, 4.69) is 4.72 Å². The number of thiophene rings is 1. The molecule has 0 unspecified atom stereocenters. The predicted molar refractivity (Wildman–Crippen MR) is 73.7 cm³/mol. The van der Waals surface area contributed by atoms with Crippen molar-refractivity contribution in [2.24, 2.45) is 5.73 Å². The van der Waals surface area contributed by atoms with E-state index in [0.717, 1.165) is 17.8 Å². The van der Waals surface area contributed by atoms with E-state index in [-0.39, 0.29) is 22.7 Å². The summed E-state index contributed by atoms with van der Waals surface area (Å²) in [5.74, 6) is -0.265. The highest BCUT2D eigenvalue weighted by atomic mass is 35.5. The number of sulfonamides is 1. The molecule has 0 aromatic carbocycles. The van der Waals surface area contributed by atoms with E-state index in [1.165, 1.54) is 12.1 Å². The molecule has 2 heterocycles. The molecule has 1 aliphatic rings. The molecule has 1 amide bonds. The molecule has 2 rings (SSSR count). The van der Waals surface area contributed by atoms with Crippen molar-refractivity contribution in [3.8, 4) is 0 Å². The minimum atomic E-state index is -3.67. The monoisotopic (exact) mass is 323 g/mol. The van der Waals surface area contributed by atoms with E-state index < -0.39 is 10.0 Å². The van der Waals surface area contributed by atoms with Gasteiger partial charge in [0.25, 0.3) is 10.0 Å². The zero-order valence-electron chi connectivity index (χ0n) is 10.0. The number of rotatable bonds is 4. The second-order valence-electron chi connectivity index (χ2n) is 4.27. The van der Waals surface area contributed by atoms with Crippen LogP contribution < -0.4 is 10.5 Å². The average Bonchev–Trinajstić information content (AvgIpc) is 2.95. The molecule has 9 heteroatoms. The average molecular weight is 324 g/mol. The summed E-state index contributed by atoms with van der Waals surface area (Å²) in [4.78, 5) is 13.4. The van der Waals surface area contributed by atoms with Crippen LogP contribution in [0.5, 0.6) is 0 Å². The number of carbonyl (C=O) groups is 1. The number of nitrogens with two attached hydrogens (primary N) is 1. The minimum absolute atomic E-state index is 0.0170. The molecule has 106 valence electrons. The normalized spacial score (nSPS) is 19.9. The number of nitrogens with one attached hydrogen (secondary N) is 1. The van der Waals surface area contributed by atoms with Crippen molar-refractivity contribution < 1.29 is 13.2 Å². The van der Waals surface area contributed by atoms with Gasteiger partial charge < -0.3 is 10.6 Å². The fraction of sp³-hybridized carbons (Fsp3) is 0.500. The lowest BCUT2D eigenvalue weighted by Gasteiger charge is -2.15. The van der Waals surface area contributed by atoms with Crippen LogP contribution in [0.15, 0.2) is 16.3 Å². The van der Waals surface area contributed by atoms with Crippen LogP contribution in [0.4, 0.5) is 0 Å². The summed E-state index contributed by atoms with van der Waals surface area (Å²) in [6.45, 7) is 0.794.